The zero-order valence-electron chi connectivity index (χ0n) is 15.1. The molecule has 4 nitrogen and oxygen atoms in total. The second-order valence-electron chi connectivity index (χ2n) is 6.49. The van der Waals surface area contributed by atoms with Crippen molar-refractivity contribution in [2.75, 3.05) is 13.2 Å². The van der Waals surface area contributed by atoms with Crippen LogP contribution in [-0.2, 0) is 24.4 Å². The van der Waals surface area contributed by atoms with E-state index in [9.17, 15) is 9.50 Å². The van der Waals surface area contributed by atoms with E-state index in [1.807, 2.05) is 47.4 Å². The van der Waals surface area contributed by atoms with Crippen molar-refractivity contribution >= 4 is 0 Å². The highest BCUT2D eigenvalue weighted by molar-refractivity contribution is 5.18. The molecular formula is C22H24FNO3. The second kappa shape index (κ2) is 10.0. The predicted molar refractivity (Wildman–Crippen MR) is 101 cm³/mol. The van der Waals surface area contributed by atoms with Gasteiger partial charge in [0.05, 0.1) is 19.0 Å². The van der Waals surface area contributed by atoms with E-state index < -0.39 is 6.10 Å². The molecule has 0 unspecified atom stereocenters. The summed E-state index contributed by atoms with van der Waals surface area (Å²) in [7, 11) is 0. The quantitative estimate of drug-likeness (QED) is 0.587. The highest BCUT2D eigenvalue weighted by Gasteiger charge is 2.15. The smallest absolute Gasteiger partial charge is 0.129 e. The Labute approximate surface area is 158 Å². The van der Waals surface area contributed by atoms with E-state index in [0.717, 1.165) is 11.3 Å². The molecule has 1 N–H and O–H groups in total. The molecule has 1 atom stereocenters. The molecule has 2 aromatic carbocycles. The minimum atomic E-state index is -0.685. The summed E-state index contributed by atoms with van der Waals surface area (Å²) in [5.74, 6) is 0.480. The van der Waals surface area contributed by atoms with Gasteiger partial charge in [-0.05, 0) is 23.8 Å². The Kier molecular flexibility index (Phi) is 7.16. The maximum Gasteiger partial charge on any atom is 0.129 e. The highest BCUT2D eigenvalue weighted by Crippen LogP contribution is 2.14. The van der Waals surface area contributed by atoms with E-state index in [1.54, 1.807) is 24.5 Å². The third kappa shape index (κ3) is 6.32. The number of hydrogen-bond donors (Lipinski definition) is 1. The Morgan fingerprint density at radius 2 is 1.74 bits per heavy atom. The molecule has 0 amide bonds. The van der Waals surface area contributed by atoms with Gasteiger partial charge in [-0.1, -0.05) is 48.5 Å². The number of aliphatic hydroxyl groups is 1. The third-order valence-electron chi connectivity index (χ3n) is 4.20. The van der Waals surface area contributed by atoms with Gasteiger partial charge >= 0.3 is 0 Å². The van der Waals surface area contributed by atoms with Crippen LogP contribution < -0.4 is 0 Å². The maximum atomic E-state index is 14.1. The van der Waals surface area contributed by atoms with E-state index in [1.165, 1.54) is 6.07 Å². The van der Waals surface area contributed by atoms with Crippen molar-refractivity contribution in [3.05, 3.63) is 95.7 Å². The number of nitrogens with zero attached hydrogens (tertiary/aromatic N) is 1. The van der Waals surface area contributed by atoms with E-state index >= 15 is 0 Å². The molecular weight excluding hydrogens is 345 g/mol. The Hall–Kier alpha value is -2.47. The van der Waals surface area contributed by atoms with Gasteiger partial charge in [0.2, 0.25) is 0 Å². The summed E-state index contributed by atoms with van der Waals surface area (Å²) in [6.07, 6.45) is 0.904. The standard InChI is InChI=1S/C22H24FNO3/c23-22-11-5-4-9-19(22)14-24(13-18-7-2-1-3-8-18)15-20(25)16-26-17-21-10-6-12-27-21/h1-12,20,25H,13-17H2/t20-/m1/s1. The molecule has 0 saturated carbocycles. The summed E-state index contributed by atoms with van der Waals surface area (Å²) in [6.45, 7) is 1.90. The van der Waals surface area contributed by atoms with Crippen LogP contribution in [0, 0.1) is 5.82 Å². The van der Waals surface area contributed by atoms with E-state index in [2.05, 4.69) is 0 Å². The molecule has 1 aromatic heterocycles. The lowest BCUT2D eigenvalue weighted by atomic mass is 10.1. The predicted octanol–water partition coefficient (Wildman–Crippen LogP) is 4.00. The van der Waals surface area contributed by atoms with Crippen LogP contribution in [0.2, 0.25) is 0 Å². The van der Waals surface area contributed by atoms with Crippen molar-refractivity contribution in [1.82, 2.24) is 4.90 Å². The van der Waals surface area contributed by atoms with Gasteiger partial charge in [-0.25, -0.2) is 4.39 Å². The first-order valence-corrected chi connectivity index (χ1v) is 8.98. The van der Waals surface area contributed by atoms with Gasteiger partial charge in [0.25, 0.3) is 0 Å². The molecule has 0 aliphatic carbocycles. The van der Waals surface area contributed by atoms with Crippen LogP contribution >= 0.6 is 0 Å². The molecule has 0 fully saturated rings. The van der Waals surface area contributed by atoms with E-state index in [4.69, 9.17) is 9.15 Å². The first kappa shape index (κ1) is 19.3. The largest absolute Gasteiger partial charge is 0.467 e. The Bertz CT molecular complexity index is 792. The van der Waals surface area contributed by atoms with Crippen molar-refractivity contribution < 1.29 is 18.7 Å². The van der Waals surface area contributed by atoms with Gasteiger partial charge in [0.15, 0.2) is 0 Å². The lowest BCUT2D eigenvalue weighted by Gasteiger charge is -2.25. The molecule has 5 heteroatoms. The molecule has 0 spiro atoms. The molecule has 1 heterocycles. The summed E-state index contributed by atoms with van der Waals surface area (Å²) in [5, 5.41) is 10.4. The summed E-state index contributed by atoms with van der Waals surface area (Å²) in [5.41, 5.74) is 1.72. The number of halogens is 1. The molecule has 0 aliphatic rings. The summed E-state index contributed by atoms with van der Waals surface area (Å²) >= 11 is 0. The number of rotatable bonds is 10. The SMILES string of the molecule is O[C@@H](COCc1ccco1)CN(Cc1ccccc1)Cc1ccccc1F. The van der Waals surface area contributed by atoms with Gasteiger partial charge < -0.3 is 14.3 Å². The van der Waals surface area contributed by atoms with Gasteiger partial charge in [-0.15, -0.1) is 0 Å². The van der Waals surface area contributed by atoms with Gasteiger partial charge in [0.1, 0.15) is 18.2 Å². The average molecular weight is 369 g/mol. The maximum absolute atomic E-state index is 14.1. The van der Waals surface area contributed by atoms with Crippen LogP contribution in [0.5, 0.6) is 0 Å². The summed E-state index contributed by atoms with van der Waals surface area (Å²) in [4.78, 5) is 2.02. The molecule has 0 radical (unpaired) electrons. The zero-order chi connectivity index (χ0) is 18.9. The fourth-order valence-corrected chi connectivity index (χ4v) is 2.94. The number of hydrogen-bond acceptors (Lipinski definition) is 4. The Morgan fingerprint density at radius 1 is 0.963 bits per heavy atom. The van der Waals surface area contributed by atoms with Crippen molar-refractivity contribution in [3.8, 4) is 0 Å². The van der Waals surface area contributed by atoms with Crippen molar-refractivity contribution in [2.45, 2.75) is 25.8 Å². The number of benzene rings is 2. The van der Waals surface area contributed by atoms with Crippen molar-refractivity contribution in [1.29, 1.82) is 0 Å². The van der Waals surface area contributed by atoms with Crippen LogP contribution in [0.3, 0.4) is 0 Å². The van der Waals surface area contributed by atoms with Crippen molar-refractivity contribution in [3.63, 3.8) is 0 Å². The van der Waals surface area contributed by atoms with Crippen LogP contribution in [0.1, 0.15) is 16.9 Å². The number of aliphatic hydroxyl groups excluding tert-OH is 1. The minimum Gasteiger partial charge on any atom is -0.467 e. The fraction of sp³-hybridized carbons (Fsp3) is 0.273. The lowest BCUT2D eigenvalue weighted by Crippen LogP contribution is -2.34. The van der Waals surface area contributed by atoms with E-state index in [0.29, 0.717) is 31.8 Å². The zero-order valence-corrected chi connectivity index (χ0v) is 15.1. The number of furan rings is 1. The first-order valence-electron chi connectivity index (χ1n) is 8.98. The Balaban J connectivity index is 1.59. The normalized spacial score (nSPS) is 12.4. The van der Waals surface area contributed by atoms with Crippen LogP contribution in [-0.4, -0.2) is 29.3 Å². The molecule has 142 valence electrons. The minimum absolute atomic E-state index is 0.184. The molecule has 0 bridgehead atoms. The average Bonchev–Trinajstić information content (AvgIpc) is 3.18. The lowest BCUT2D eigenvalue weighted by molar-refractivity contribution is 0.00239. The second-order valence-corrected chi connectivity index (χ2v) is 6.49. The van der Waals surface area contributed by atoms with Crippen molar-refractivity contribution in [2.24, 2.45) is 0 Å². The highest BCUT2D eigenvalue weighted by atomic mass is 19.1. The Morgan fingerprint density at radius 3 is 2.48 bits per heavy atom. The molecule has 0 aliphatic heterocycles. The van der Waals surface area contributed by atoms with Gasteiger partial charge in [-0.2, -0.15) is 0 Å². The molecule has 3 aromatic rings. The van der Waals surface area contributed by atoms with Gasteiger partial charge in [0, 0.05) is 25.2 Å². The summed E-state index contributed by atoms with van der Waals surface area (Å²) in [6, 6.07) is 20.3. The van der Waals surface area contributed by atoms with Crippen LogP contribution in [0.15, 0.2) is 77.4 Å². The monoisotopic (exact) mass is 369 g/mol. The van der Waals surface area contributed by atoms with E-state index in [-0.39, 0.29) is 12.4 Å². The molecule has 27 heavy (non-hydrogen) atoms. The molecule has 0 saturated heterocycles. The van der Waals surface area contributed by atoms with Crippen LogP contribution in [0.25, 0.3) is 0 Å². The third-order valence-corrected chi connectivity index (χ3v) is 4.20. The van der Waals surface area contributed by atoms with Gasteiger partial charge in [-0.3, -0.25) is 4.90 Å². The van der Waals surface area contributed by atoms with Crippen LogP contribution in [0.4, 0.5) is 4.39 Å². The number of ether oxygens (including phenoxy) is 1. The summed E-state index contributed by atoms with van der Waals surface area (Å²) < 4.78 is 24.8. The molecule has 3 rings (SSSR count). The fourth-order valence-electron chi connectivity index (χ4n) is 2.94. The first-order chi connectivity index (χ1) is 13.2. The topological polar surface area (TPSA) is 45.8 Å².